The molecule has 1 saturated heterocycles. The molecule has 0 aromatic heterocycles. The Kier molecular flexibility index (Phi) is 6.09. The lowest BCUT2D eigenvalue weighted by atomic mass is 10.2. The van der Waals surface area contributed by atoms with Crippen molar-refractivity contribution in [3.63, 3.8) is 0 Å². The summed E-state index contributed by atoms with van der Waals surface area (Å²) in [7, 11) is 5.29. The maximum Gasteiger partial charge on any atom is 0.285 e. The first kappa shape index (κ1) is 20.7. The van der Waals surface area contributed by atoms with Crippen molar-refractivity contribution in [3.8, 4) is 11.5 Å². The van der Waals surface area contributed by atoms with Crippen LogP contribution in [0.3, 0.4) is 0 Å². The van der Waals surface area contributed by atoms with Crippen LogP contribution in [0.4, 0.5) is 5.69 Å². The first-order chi connectivity index (χ1) is 13.8. The number of phenolic OH excluding ortho intramolecular Hbond substituents is 1. The fraction of sp³-hybridized carbons (Fsp3) is 0.150. The lowest BCUT2D eigenvalue weighted by Gasteiger charge is -2.16. The molecule has 0 atom stereocenters. The zero-order chi connectivity index (χ0) is 21.1. The van der Waals surface area contributed by atoms with E-state index in [-0.39, 0.29) is 21.4 Å². The van der Waals surface area contributed by atoms with Crippen molar-refractivity contribution < 1.29 is 19.4 Å². The Hall–Kier alpha value is -3.04. The van der Waals surface area contributed by atoms with Crippen LogP contribution in [0.1, 0.15) is 15.9 Å². The van der Waals surface area contributed by atoms with E-state index in [0.717, 1.165) is 28.0 Å². The smallest absolute Gasteiger partial charge is 0.285 e. The van der Waals surface area contributed by atoms with E-state index >= 15 is 0 Å². The average molecular weight is 430 g/mol. The number of phenols is 1. The van der Waals surface area contributed by atoms with E-state index in [1.54, 1.807) is 6.08 Å². The summed E-state index contributed by atoms with van der Waals surface area (Å²) in [5.41, 5.74) is 4.62. The van der Waals surface area contributed by atoms with Crippen molar-refractivity contribution in [2.75, 3.05) is 26.1 Å². The average Bonchev–Trinajstić information content (AvgIpc) is 2.96. The number of aromatic hydroxyl groups is 1. The van der Waals surface area contributed by atoms with Crippen molar-refractivity contribution >= 4 is 51.9 Å². The molecule has 2 N–H and O–H groups in total. The first-order valence-corrected chi connectivity index (χ1v) is 9.76. The number of thiocarbonyl (C=S) groups is 1. The molecule has 9 heteroatoms. The molecular formula is C20H19N3O4S2. The zero-order valence-corrected chi connectivity index (χ0v) is 17.6. The standard InChI is InChI=1S/C20H19N3O4S2/c1-22(2)14-7-4-12(5-8-14)10-17-19(26)23(20(28)29-17)21-18(25)13-6-9-15(24)16(11-13)27-3/h4-11,24H,1-3H3,(H,21,25)/b17-10-. The van der Waals surface area contributed by atoms with E-state index < -0.39 is 11.8 Å². The van der Waals surface area contributed by atoms with Crippen LogP contribution in [0.25, 0.3) is 6.08 Å². The molecule has 29 heavy (non-hydrogen) atoms. The highest BCUT2D eigenvalue weighted by atomic mass is 32.2. The molecule has 2 amide bonds. The minimum absolute atomic E-state index is 0.0853. The van der Waals surface area contributed by atoms with Crippen LogP contribution in [-0.4, -0.2) is 47.5 Å². The highest BCUT2D eigenvalue weighted by Gasteiger charge is 2.33. The third-order valence-corrected chi connectivity index (χ3v) is 5.46. The van der Waals surface area contributed by atoms with Crippen molar-refractivity contribution in [2.24, 2.45) is 0 Å². The van der Waals surface area contributed by atoms with Gasteiger partial charge < -0.3 is 14.7 Å². The van der Waals surface area contributed by atoms with Gasteiger partial charge in [0.1, 0.15) is 0 Å². The SMILES string of the molecule is COc1cc(C(=O)NN2C(=O)/C(=C/c3ccc(N(C)C)cc3)SC2=S)ccc1O. The summed E-state index contributed by atoms with van der Waals surface area (Å²) in [6.07, 6.45) is 1.73. The fourth-order valence-corrected chi connectivity index (χ4v) is 3.75. The number of carbonyl (C=O) groups excluding carboxylic acids is 2. The summed E-state index contributed by atoms with van der Waals surface area (Å²) in [4.78, 5) is 27.6. The van der Waals surface area contributed by atoms with Crippen molar-refractivity contribution in [3.05, 3.63) is 58.5 Å². The Morgan fingerprint density at radius 1 is 1.24 bits per heavy atom. The van der Waals surface area contributed by atoms with Gasteiger partial charge in [0.25, 0.3) is 11.8 Å². The molecule has 0 bridgehead atoms. The number of nitrogens with one attached hydrogen (secondary N) is 1. The van der Waals surface area contributed by atoms with E-state index in [4.69, 9.17) is 17.0 Å². The van der Waals surface area contributed by atoms with Crippen LogP contribution in [0.5, 0.6) is 11.5 Å². The second-order valence-electron chi connectivity index (χ2n) is 6.33. The minimum Gasteiger partial charge on any atom is -0.504 e. The molecule has 150 valence electrons. The molecule has 1 aliphatic rings. The van der Waals surface area contributed by atoms with Gasteiger partial charge in [0.15, 0.2) is 15.8 Å². The highest BCUT2D eigenvalue weighted by molar-refractivity contribution is 8.26. The van der Waals surface area contributed by atoms with Crippen molar-refractivity contribution in [1.29, 1.82) is 0 Å². The number of benzene rings is 2. The number of carbonyl (C=O) groups is 2. The number of anilines is 1. The van der Waals surface area contributed by atoms with E-state index in [1.807, 2.05) is 43.3 Å². The molecular weight excluding hydrogens is 410 g/mol. The second kappa shape index (κ2) is 8.54. The molecule has 0 aliphatic carbocycles. The van der Waals surface area contributed by atoms with Crippen LogP contribution >= 0.6 is 24.0 Å². The van der Waals surface area contributed by atoms with Gasteiger partial charge in [-0.25, -0.2) is 0 Å². The summed E-state index contributed by atoms with van der Waals surface area (Å²) in [5, 5.41) is 10.7. The van der Waals surface area contributed by atoms with E-state index in [0.29, 0.717) is 4.91 Å². The summed E-state index contributed by atoms with van der Waals surface area (Å²) in [5.74, 6) is -0.881. The number of hydrogen-bond donors (Lipinski definition) is 2. The molecule has 3 rings (SSSR count). The normalized spacial score (nSPS) is 15.0. The van der Waals surface area contributed by atoms with Gasteiger partial charge in [0, 0.05) is 25.3 Å². The first-order valence-electron chi connectivity index (χ1n) is 8.53. The minimum atomic E-state index is -0.545. The fourth-order valence-electron chi connectivity index (χ4n) is 2.57. The Bertz CT molecular complexity index is 1000. The highest BCUT2D eigenvalue weighted by Crippen LogP contribution is 2.32. The van der Waals surface area contributed by atoms with E-state index in [1.165, 1.54) is 25.3 Å². The number of thioether (sulfide) groups is 1. The lowest BCUT2D eigenvalue weighted by Crippen LogP contribution is -2.44. The molecule has 0 unspecified atom stereocenters. The van der Waals surface area contributed by atoms with Crippen LogP contribution in [0.15, 0.2) is 47.4 Å². The second-order valence-corrected chi connectivity index (χ2v) is 8.01. The molecule has 2 aromatic carbocycles. The van der Waals surface area contributed by atoms with Gasteiger partial charge in [-0.15, -0.1) is 0 Å². The molecule has 1 fully saturated rings. The molecule has 1 aliphatic heterocycles. The van der Waals surface area contributed by atoms with Gasteiger partial charge >= 0.3 is 0 Å². The van der Waals surface area contributed by atoms with Gasteiger partial charge in [-0.3, -0.25) is 15.0 Å². The van der Waals surface area contributed by atoms with E-state index in [9.17, 15) is 14.7 Å². The summed E-state index contributed by atoms with van der Waals surface area (Å²) < 4.78 is 5.23. The maximum absolute atomic E-state index is 12.7. The number of nitrogens with zero attached hydrogens (tertiary/aromatic N) is 2. The Balaban J connectivity index is 1.75. The van der Waals surface area contributed by atoms with Gasteiger partial charge in [-0.1, -0.05) is 23.9 Å². The quantitative estimate of drug-likeness (QED) is 0.558. The third kappa shape index (κ3) is 4.52. The van der Waals surface area contributed by atoms with Gasteiger partial charge in [0.2, 0.25) is 0 Å². The number of rotatable bonds is 5. The molecule has 0 radical (unpaired) electrons. The Labute approximate surface area is 177 Å². The molecule has 0 spiro atoms. The van der Waals surface area contributed by atoms with Crippen LogP contribution < -0.4 is 15.1 Å². The summed E-state index contributed by atoms with van der Waals surface area (Å²) in [6, 6.07) is 11.9. The monoisotopic (exact) mass is 429 g/mol. The Morgan fingerprint density at radius 2 is 1.93 bits per heavy atom. The molecule has 1 heterocycles. The molecule has 0 saturated carbocycles. The van der Waals surface area contributed by atoms with Crippen LogP contribution in [0, 0.1) is 0 Å². The van der Waals surface area contributed by atoms with Gasteiger partial charge in [-0.05, 0) is 54.2 Å². The predicted molar refractivity (Wildman–Crippen MR) is 118 cm³/mol. The van der Waals surface area contributed by atoms with Crippen LogP contribution in [0.2, 0.25) is 0 Å². The van der Waals surface area contributed by atoms with Gasteiger partial charge in [-0.2, -0.15) is 5.01 Å². The largest absolute Gasteiger partial charge is 0.504 e. The maximum atomic E-state index is 12.7. The number of ether oxygens (including phenoxy) is 1. The summed E-state index contributed by atoms with van der Waals surface area (Å²) in [6.45, 7) is 0. The van der Waals surface area contributed by atoms with Crippen LogP contribution in [-0.2, 0) is 4.79 Å². The number of hydrogen-bond acceptors (Lipinski definition) is 7. The summed E-state index contributed by atoms with van der Waals surface area (Å²) >= 11 is 6.36. The Morgan fingerprint density at radius 3 is 2.55 bits per heavy atom. The number of amides is 2. The lowest BCUT2D eigenvalue weighted by molar-refractivity contribution is -0.123. The molecule has 7 nitrogen and oxygen atoms in total. The predicted octanol–water partition coefficient (Wildman–Crippen LogP) is 3.01. The third-order valence-electron chi connectivity index (χ3n) is 4.16. The number of hydrazine groups is 1. The van der Waals surface area contributed by atoms with Crippen molar-refractivity contribution in [2.45, 2.75) is 0 Å². The number of methoxy groups -OCH3 is 1. The van der Waals surface area contributed by atoms with Gasteiger partial charge in [0.05, 0.1) is 12.0 Å². The van der Waals surface area contributed by atoms with E-state index in [2.05, 4.69) is 5.43 Å². The molecule has 2 aromatic rings. The topological polar surface area (TPSA) is 82.1 Å². The zero-order valence-electron chi connectivity index (χ0n) is 16.0. The van der Waals surface area contributed by atoms with Crippen molar-refractivity contribution in [1.82, 2.24) is 10.4 Å².